The van der Waals surface area contributed by atoms with E-state index in [9.17, 15) is 136 Å². The highest BCUT2D eigenvalue weighted by Gasteiger charge is 3.00. The molecule has 0 fully saturated rings. The smallest absolute Gasteiger partial charge is 0.330 e. The Hall–Kier alpha value is -2.16. The van der Waals surface area contributed by atoms with Gasteiger partial charge in [0.1, 0.15) is 0 Å². The Morgan fingerprint density at radius 1 is 0.377 bits per heavy atom. The number of rotatable bonds is 19. The molecule has 0 saturated heterocycles. The minimum absolute atomic E-state index is 0.407. The molecule has 0 aliphatic carbocycles. The Morgan fingerprint density at radius 2 is 0.604 bits per heavy atom. The Bertz CT molecular complexity index is 1400. The number of hydrogen-bond acceptors (Lipinski definition) is 3. The van der Waals surface area contributed by atoms with Crippen molar-refractivity contribution in [3.63, 3.8) is 0 Å². The molecule has 0 heterocycles. The molecule has 0 rings (SSSR count). The fourth-order valence-electron chi connectivity index (χ4n) is 3.20. The minimum Gasteiger partial charge on any atom is -0.330 e. The van der Waals surface area contributed by atoms with E-state index in [1.807, 2.05) is 0 Å². The van der Waals surface area contributed by atoms with Crippen LogP contribution in [0.5, 0.6) is 0 Å². The molecule has 0 unspecified atom stereocenters. The molecule has 0 aliphatic rings. The SMILES string of the molecule is NCCCNS(=O)(=O)CCC(F)(F)C(F)(F)C(F)(F)C(F)(F)C(F)(F)C(F)(F)C(F)(F)C(F)(F)C(F)(F)C(F)(F)C(F)(F)C(F)(F)C(F)(F)C(F)(F)F. The number of nitrogens with two attached hydrogens (primary N) is 1. The number of sulfonamides is 1. The van der Waals surface area contributed by atoms with Crippen LogP contribution in [-0.2, 0) is 10.0 Å². The van der Waals surface area contributed by atoms with Gasteiger partial charge in [-0.2, -0.15) is 127 Å². The molecule has 0 aromatic carbocycles. The summed E-state index contributed by atoms with van der Waals surface area (Å²) in [5.74, 6) is -124. The molecule has 34 heteroatoms. The van der Waals surface area contributed by atoms with E-state index in [-0.39, 0.29) is 0 Å². The number of nitrogens with one attached hydrogen (secondary N) is 1. The maximum atomic E-state index is 14.0. The highest BCUT2D eigenvalue weighted by atomic mass is 32.2. The van der Waals surface area contributed by atoms with E-state index < -0.39 is 125 Å². The summed E-state index contributed by atoms with van der Waals surface area (Å²) in [6.45, 7) is -1.29. The van der Waals surface area contributed by atoms with Crippen LogP contribution in [0.15, 0.2) is 0 Å². The maximum absolute atomic E-state index is 14.0. The average Bonchev–Trinajstić information content (AvgIpc) is 2.94. The molecule has 320 valence electrons. The molecule has 53 heavy (non-hydrogen) atoms. The van der Waals surface area contributed by atoms with Gasteiger partial charge in [0.2, 0.25) is 10.0 Å². The average molecular weight is 884 g/mol. The summed E-state index contributed by atoms with van der Waals surface area (Å²) < 4.78 is 417. The first-order chi connectivity index (χ1) is 22.5. The van der Waals surface area contributed by atoms with Crippen LogP contribution < -0.4 is 10.5 Å². The van der Waals surface area contributed by atoms with E-state index in [4.69, 9.17) is 5.73 Å². The van der Waals surface area contributed by atoms with E-state index in [0.717, 1.165) is 0 Å². The Labute approximate surface area is 272 Å². The molecule has 0 aromatic rings. The van der Waals surface area contributed by atoms with E-state index in [2.05, 4.69) is 0 Å². The van der Waals surface area contributed by atoms with Crippen molar-refractivity contribution in [2.45, 2.75) is 96.0 Å². The maximum Gasteiger partial charge on any atom is 0.460 e. The van der Waals surface area contributed by atoms with Gasteiger partial charge in [0.25, 0.3) is 0 Å². The first-order valence-corrected chi connectivity index (χ1v) is 13.8. The number of halogens is 29. The zero-order valence-electron chi connectivity index (χ0n) is 23.8. The highest BCUT2D eigenvalue weighted by Crippen LogP contribution is 2.69. The quantitative estimate of drug-likeness (QED) is 0.101. The summed E-state index contributed by atoms with van der Waals surface area (Å²) in [4.78, 5) is 0. The molecule has 0 bridgehead atoms. The normalized spacial score (nSPS) is 16.7. The summed E-state index contributed by atoms with van der Waals surface area (Å²) in [5.41, 5.74) is 4.86. The van der Waals surface area contributed by atoms with Crippen LogP contribution >= 0.6 is 0 Å². The van der Waals surface area contributed by atoms with E-state index in [1.165, 1.54) is 4.72 Å². The Kier molecular flexibility index (Phi) is 13.0. The van der Waals surface area contributed by atoms with Gasteiger partial charge in [-0.15, -0.1) is 0 Å². The lowest BCUT2D eigenvalue weighted by atomic mass is 9.83. The van der Waals surface area contributed by atoms with Crippen molar-refractivity contribution in [3.8, 4) is 0 Å². The third-order valence-electron chi connectivity index (χ3n) is 6.54. The fourth-order valence-corrected chi connectivity index (χ4v) is 4.33. The zero-order chi connectivity index (χ0) is 43.7. The molecule has 3 N–H and O–H groups in total. The monoisotopic (exact) mass is 884 g/mol. The van der Waals surface area contributed by atoms with Crippen LogP contribution in [0.3, 0.4) is 0 Å². The summed E-state index contributed by atoms with van der Waals surface area (Å²) in [6, 6.07) is 0. The number of alkyl halides is 29. The molecular formula is C19H13F29N2O2S. The van der Waals surface area contributed by atoms with Gasteiger partial charge in [-0.3, -0.25) is 0 Å². The van der Waals surface area contributed by atoms with E-state index >= 15 is 0 Å². The van der Waals surface area contributed by atoms with Crippen LogP contribution in [0.2, 0.25) is 0 Å². The lowest BCUT2D eigenvalue weighted by Gasteiger charge is -2.46. The van der Waals surface area contributed by atoms with Crippen molar-refractivity contribution in [1.29, 1.82) is 0 Å². The van der Waals surface area contributed by atoms with Crippen LogP contribution in [0.25, 0.3) is 0 Å². The molecule has 0 atom stereocenters. The predicted molar refractivity (Wildman–Crippen MR) is 110 cm³/mol. The van der Waals surface area contributed by atoms with Crippen LogP contribution in [0.1, 0.15) is 12.8 Å². The van der Waals surface area contributed by atoms with Crippen LogP contribution in [0.4, 0.5) is 127 Å². The van der Waals surface area contributed by atoms with Crippen molar-refractivity contribution >= 4 is 10.0 Å². The summed E-state index contributed by atoms with van der Waals surface area (Å²) in [5, 5.41) is 0. The van der Waals surface area contributed by atoms with Gasteiger partial charge in [0, 0.05) is 13.0 Å². The molecule has 0 saturated carbocycles. The molecular weight excluding hydrogens is 871 g/mol. The third-order valence-corrected chi connectivity index (χ3v) is 7.93. The Morgan fingerprint density at radius 3 is 0.830 bits per heavy atom. The lowest BCUT2D eigenvalue weighted by molar-refractivity contribution is -0.487. The van der Waals surface area contributed by atoms with Gasteiger partial charge < -0.3 is 5.73 Å². The van der Waals surface area contributed by atoms with Crippen molar-refractivity contribution in [3.05, 3.63) is 0 Å². The van der Waals surface area contributed by atoms with E-state index in [0.29, 0.717) is 0 Å². The fraction of sp³-hybridized carbons (Fsp3) is 1.00. The van der Waals surface area contributed by atoms with Gasteiger partial charge in [-0.1, -0.05) is 0 Å². The lowest BCUT2D eigenvalue weighted by Crippen LogP contribution is -2.79. The first-order valence-electron chi connectivity index (χ1n) is 12.2. The van der Waals surface area contributed by atoms with Crippen LogP contribution in [-0.4, -0.2) is 110 Å². The van der Waals surface area contributed by atoms with Crippen molar-refractivity contribution in [2.75, 3.05) is 18.8 Å². The minimum atomic E-state index is -9.99. The summed E-state index contributed by atoms with van der Waals surface area (Å²) >= 11 is 0. The molecule has 0 amide bonds. The molecule has 0 aliphatic heterocycles. The van der Waals surface area contributed by atoms with Gasteiger partial charge in [0.05, 0.1) is 5.75 Å². The van der Waals surface area contributed by atoms with Crippen molar-refractivity contribution in [1.82, 2.24) is 4.72 Å². The number of hydrogen-bond donors (Lipinski definition) is 2. The summed E-state index contributed by atoms with van der Waals surface area (Å²) in [6.07, 6.45) is -12.2. The van der Waals surface area contributed by atoms with Gasteiger partial charge in [-0.05, 0) is 13.0 Å². The first kappa shape index (κ1) is 50.8. The molecule has 0 radical (unpaired) electrons. The zero-order valence-corrected chi connectivity index (χ0v) is 24.6. The van der Waals surface area contributed by atoms with Crippen molar-refractivity contribution < 1.29 is 136 Å². The van der Waals surface area contributed by atoms with Crippen molar-refractivity contribution in [2.24, 2.45) is 5.73 Å². The molecule has 4 nitrogen and oxygen atoms in total. The second kappa shape index (κ2) is 13.5. The van der Waals surface area contributed by atoms with Crippen LogP contribution in [0, 0.1) is 0 Å². The predicted octanol–water partition coefficient (Wildman–Crippen LogP) is 8.47. The van der Waals surface area contributed by atoms with Gasteiger partial charge in [-0.25, -0.2) is 13.1 Å². The van der Waals surface area contributed by atoms with Gasteiger partial charge in [0.15, 0.2) is 0 Å². The largest absolute Gasteiger partial charge is 0.460 e. The summed E-state index contributed by atoms with van der Waals surface area (Å²) in [7, 11) is -5.41. The standard InChI is InChI=1S/C19H13F29N2O2S/c20-6(21,2-5-53(51,52)50-4-1-3-49)7(22,23)8(24,25)9(26,27)10(28,29)11(30,31)12(32,33)13(34,35)14(36,37)15(38,39)16(40,41)17(42,43)18(44,45)19(46,47)48/h50H,1-5,49H2. The molecule has 0 spiro atoms. The Balaban J connectivity index is 7.34. The molecule has 0 aromatic heterocycles. The third kappa shape index (κ3) is 6.98. The second-order valence-corrected chi connectivity index (χ2v) is 12.1. The highest BCUT2D eigenvalue weighted by molar-refractivity contribution is 7.89. The van der Waals surface area contributed by atoms with E-state index in [1.54, 1.807) is 0 Å². The second-order valence-electron chi connectivity index (χ2n) is 10.2. The van der Waals surface area contributed by atoms with Gasteiger partial charge >= 0.3 is 83.2 Å². The topological polar surface area (TPSA) is 72.2 Å².